The van der Waals surface area contributed by atoms with Crippen molar-refractivity contribution in [3.8, 4) is 11.1 Å². The summed E-state index contributed by atoms with van der Waals surface area (Å²) in [6.45, 7) is 1.17. The van der Waals surface area contributed by atoms with E-state index in [1.54, 1.807) is 6.92 Å². The standard InChI is InChI=1S/C30H30N2O7/c1-19(38-15-20-9-3-2-4-10-20)26(27(33)32-17-30(37,18-32)28(34)35)31-29(36)39-16-25-23-13-7-5-11-21(23)22-12-6-8-14-24(22)25/h2-14,19,25-26,37H,15-18H2,1H3,(H,31,36)(H,34,35)/t19-,26+/m0/s1. The number of amides is 2. The third-order valence-electron chi connectivity index (χ3n) is 7.32. The van der Waals surface area contributed by atoms with E-state index in [0.29, 0.717) is 0 Å². The minimum absolute atomic E-state index is 0.0719. The molecule has 3 N–H and O–H groups in total. The molecule has 3 aromatic carbocycles. The number of carboxylic acids is 1. The van der Waals surface area contributed by atoms with Gasteiger partial charge in [0.1, 0.15) is 12.6 Å². The molecule has 9 nitrogen and oxygen atoms in total. The van der Waals surface area contributed by atoms with Crippen molar-refractivity contribution in [2.24, 2.45) is 0 Å². The first-order valence-electron chi connectivity index (χ1n) is 12.8. The van der Waals surface area contributed by atoms with Crippen LogP contribution in [-0.4, -0.2) is 70.5 Å². The summed E-state index contributed by atoms with van der Waals surface area (Å²) in [5.74, 6) is -2.11. The highest BCUT2D eigenvalue weighted by Crippen LogP contribution is 2.44. The van der Waals surface area contributed by atoms with E-state index >= 15 is 0 Å². The molecule has 9 heteroatoms. The molecule has 1 saturated heterocycles. The molecule has 3 aromatic rings. The number of alkyl carbamates (subject to hydrolysis) is 1. The first-order chi connectivity index (χ1) is 18.8. The highest BCUT2D eigenvalue weighted by Gasteiger charge is 2.51. The molecule has 1 aliphatic carbocycles. The summed E-state index contributed by atoms with van der Waals surface area (Å²) in [4.78, 5) is 38.7. The number of aliphatic carboxylic acids is 1. The Morgan fingerprint density at radius 3 is 2.10 bits per heavy atom. The van der Waals surface area contributed by atoms with Crippen LogP contribution in [0, 0.1) is 0 Å². The second kappa shape index (κ2) is 10.9. The molecule has 0 aromatic heterocycles. The van der Waals surface area contributed by atoms with Crippen LogP contribution in [0.15, 0.2) is 78.9 Å². The Morgan fingerprint density at radius 1 is 0.949 bits per heavy atom. The number of fused-ring (bicyclic) bond motifs is 3. The fourth-order valence-corrected chi connectivity index (χ4v) is 5.12. The van der Waals surface area contributed by atoms with Crippen LogP contribution >= 0.6 is 0 Å². The lowest BCUT2D eigenvalue weighted by Gasteiger charge is -2.45. The monoisotopic (exact) mass is 530 g/mol. The molecule has 0 bridgehead atoms. The zero-order valence-corrected chi connectivity index (χ0v) is 21.4. The van der Waals surface area contributed by atoms with E-state index in [0.717, 1.165) is 27.8 Å². The summed E-state index contributed by atoms with van der Waals surface area (Å²) < 4.78 is 11.5. The summed E-state index contributed by atoms with van der Waals surface area (Å²) in [6.07, 6.45) is -1.56. The molecule has 39 heavy (non-hydrogen) atoms. The molecule has 2 aliphatic rings. The third kappa shape index (κ3) is 5.36. The second-order valence-corrected chi connectivity index (χ2v) is 9.98. The number of carbonyl (C=O) groups is 3. The number of likely N-dealkylation sites (tertiary alicyclic amines) is 1. The molecule has 1 heterocycles. The Hall–Kier alpha value is -4.21. The fourth-order valence-electron chi connectivity index (χ4n) is 5.12. The SMILES string of the molecule is C[C@H](OCc1ccccc1)[C@@H](NC(=O)OCC1c2ccccc2-c2ccccc21)C(=O)N1CC(O)(C(=O)O)C1. The van der Waals surface area contributed by atoms with Crippen LogP contribution in [0.25, 0.3) is 11.1 Å². The van der Waals surface area contributed by atoms with Gasteiger partial charge in [0.25, 0.3) is 0 Å². The predicted octanol–water partition coefficient (Wildman–Crippen LogP) is 3.16. The largest absolute Gasteiger partial charge is 0.479 e. The van der Waals surface area contributed by atoms with Gasteiger partial charge in [0.05, 0.1) is 25.8 Å². The molecule has 5 rings (SSSR count). The maximum absolute atomic E-state index is 13.3. The maximum Gasteiger partial charge on any atom is 0.407 e. The lowest BCUT2D eigenvalue weighted by molar-refractivity contribution is -0.183. The molecule has 0 spiro atoms. The number of hydrogen-bond donors (Lipinski definition) is 3. The lowest BCUT2D eigenvalue weighted by atomic mass is 9.93. The van der Waals surface area contributed by atoms with Crippen molar-refractivity contribution < 1.29 is 34.1 Å². The van der Waals surface area contributed by atoms with E-state index in [4.69, 9.17) is 9.47 Å². The van der Waals surface area contributed by atoms with Gasteiger partial charge in [0.2, 0.25) is 5.91 Å². The number of β-amino-alcohol motifs (C(OH)–C–C–N with tert-alkyl or cyclic N) is 1. The van der Waals surface area contributed by atoms with E-state index in [1.165, 1.54) is 4.90 Å². The first kappa shape index (κ1) is 26.4. The van der Waals surface area contributed by atoms with Crippen molar-refractivity contribution in [1.29, 1.82) is 0 Å². The zero-order chi connectivity index (χ0) is 27.6. The smallest absolute Gasteiger partial charge is 0.407 e. The topological polar surface area (TPSA) is 125 Å². The number of carbonyl (C=O) groups excluding carboxylic acids is 2. The van der Waals surface area contributed by atoms with Crippen molar-refractivity contribution in [2.45, 2.75) is 37.2 Å². The van der Waals surface area contributed by atoms with Gasteiger partial charge < -0.3 is 29.9 Å². The van der Waals surface area contributed by atoms with Crippen LogP contribution in [0.5, 0.6) is 0 Å². The fraction of sp³-hybridized carbons (Fsp3) is 0.300. The Morgan fingerprint density at radius 2 is 1.51 bits per heavy atom. The summed E-state index contributed by atoms with van der Waals surface area (Å²) in [7, 11) is 0. The highest BCUT2D eigenvalue weighted by molar-refractivity contribution is 5.90. The van der Waals surface area contributed by atoms with E-state index in [-0.39, 0.29) is 32.2 Å². The van der Waals surface area contributed by atoms with Gasteiger partial charge in [-0.3, -0.25) is 4.79 Å². The van der Waals surface area contributed by atoms with Crippen molar-refractivity contribution in [2.75, 3.05) is 19.7 Å². The number of ether oxygens (including phenoxy) is 2. The summed E-state index contributed by atoms with van der Waals surface area (Å²) in [5.41, 5.74) is 3.21. The Labute approximate surface area is 226 Å². The molecule has 2 atom stereocenters. The van der Waals surface area contributed by atoms with Gasteiger partial charge >= 0.3 is 12.1 Å². The Balaban J connectivity index is 1.27. The van der Waals surface area contributed by atoms with E-state index in [9.17, 15) is 24.6 Å². The van der Waals surface area contributed by atoms with Crippen LogP contribution in [0.1, 0.15) is 29.5 Å². The van der Waals surface area contributed by atoms with Crippen LogP contribution in [0.2, 0.25) is 0 Å². The van der Waals surface area contributed by atoms with E-state index in [2.05, 4.69) is 5.32 Å². The molecular formula is C30H30N2O7. The van der Waals surface area contributed by atoms with E-state index < -0.39 is 35.7 Å². The summed E-state index contributed by atoms with van der Waals surface area (Å²) in [5, 5.41) is 21.9. The molecule has 2 amide bonds. The third-order valence-corrected chi connectivity index (χ3v) is 7.32. The number of carboxylic acid groups (broad SMARTS) is 1. The first-order valence-corrected chi connectivity index (χ1v) is 12.8. The van der Waals surface area contributed by atoms with Gasteiger partial charge in [-0.15, -0.1) is 0 Å². The van der Waals surface area contributed by atoms with Gasteiger partial charge in [-0.1, -0.05) is 78.9 Å². The van der Waals surface area contributed by atoms with Crippen molar-refractivity contribution in [3.05, 3.63) is 95.6 Å². The molecule has 1 aliphatic heterocycles. The Kier molecular flexibility index (Phi) is 7.36. The van der Waals surface area contributed by atoms with Gasteiger partial charge in [0, 0.05) is 5.92 Å². The molecular weight excluding hydrogens is 500 g/mol. The molecule has 202 valence electrons. The Bertz CT molecular complexity index is 1320. The highest BCUT2D eigenvalue weighted by atomic mass is 16.5. The quantitative estimate of drug-likeness (QED) is 0.388. The van der Waals surface area contributed by atoms with Crippen LogP contribution in [0.4, 0.5) is 4.79 Å². The normalized spacial score (nSPS) is 16.8. The van der Waals surface area contributed by atoms with Crippen molar-refractivity contribution in [3.63, 3.8) is 0 Å². The van der Waals surface area contributed by atoms with Gasteiger partial charge in [-0.25, -0.2) is 9.59 Å². The minimum atomic E-state index is -2.00. The summed E-state index contributed by atoms with van der Waals surface area (Å²) >= 11 is 0. The van der Waals surface area contributed by atoms with Crippen molar-refractivity contribution in [1.82, 2.24) is 10.2 Å². The predicted molar refractivity (Wildman–Crippen MR) is 142 cm³/mol. The van der Waals surface area contributed by atoms with Crippen LogP contribution < -0.4 is 5.32 Å². The number of nitrogens with zero attached hydrogens (tertiary/aromatic N) is 1. The number of rotatable bonds is 9. The van der Waals surface area contributed by atoms with Gasteiger partial charge in [-0.2, -0.15) is 0 Å². The van der Waals surface area contributed by atoms with Gasteiger partial charge in [-0.05, 0) is 34.7 Å². The van der Waals surface area contributed by atoms with E-state index in [1.807, 2.05) is 78.9 Å². The van der Waals surface area contributed by atoms with Crippen LogP contribution in [0.3, 0.4) is 0 Å². The lowest BCUT2D eigenvalue weighted by Crippen LogP contribution is -2.70. The summed E-state index contributed by atoms with van der Waals surface area (Å²) in [6, 6.07) is 24.2. The van der Waals surface area contributed by atoms with Crippen LogP contribution in [-0.2, 0) is 25.7 Å². The van der Waals surface area contributed by atoms with Crippen molar-refractivity contribution >= 4 is 18.0 Å². The number of aliphatic hydroxyl groups is 1. The zero-order valence-electron chi connectivity index (χ0n) is 21.4. The number of benzene rings is 3. The average Bonchev–Trinajstić information content (AvgIpc) is 3.25. The molecule has 0 saturated carbocycles. The molecule has 0 radical (unpaired) electrons. The minimum Gasteiger partial charge on any atom is -0.479 e. The molecule has 1 fully saturated rings. The molecule has 0 unspecified atom stereocenters. The average molecular weight is 531 g/mol. The van der Waals surface area contributed by atoms with Gasteiger partial charge in [0.15, 0.2) is 5.60 Å². The maximum atomic E-state index is 13.3. The second-order valence-electron chi connectivity index (χ2n) is 9.98. The number of hydrogen-bond acceptors (Lipinski definition) is 6. The number of nitrogens with one attached hydrogen (secondary N) is 1.